The Morgan fingerprint density at radius 1 is 1.05 bits per heavy atom. The number of hydrogen-bond donors (Lipinski definition) is 1. The number of ether oxygens (including phenoxy) is 2. The summed E-state index contributed by atoms with van der Waals surface area (Å²) in [7, 11) is 5.11. The summed E-state index contributed by atoms with van der Waals surface area (Å²) in [5.74, 6) is 2.89. The van der Waals surface area contributed by atoms with E-state index in [2.05, 4.69) is 15.3 Å². The quantitative estimate of drug-likeness (QED) is 0.800. The fourth-order valence-corrected chi connectivity index (χ4v) is 2.88. The van der Waals surface area contributed by atoms with Crippen LogP contribution in [0, 0.1) is 0 Å². The van der Waals surface area contributed by atoms with Gasteiger partial charge >= 0.3 is 0 Å². The molecule has 2 heterocycles. The molecule has 21 heavy (non-hydrogen) atoms. The number of rotatable bonds is 4. The Hall–Kier alpha value is -2.34. The van der Waals surface area contributed by atoms with Crippen LogP contribution in [0.1, 0.15) is 0 Å². The van der Waals surface area contributed by atoms with E-state index in [0.717, 1.165) is 21.6 Å². The van der Waals surface area contributed by atoms with Gasteiger partial charge in [-0.15, -0.1) is 11.3 Å². The first-order valence-electron chi connectivity index (χ1n) is 6.41. The zero-order valence-corrected chi connectivity index (χ0v) is 12.8. The van der Waals surface area contributed by atoms with Gasteiger partial charge in [-0.25, -0.2) is 9.97 Å². The molecule has 0 amide bonds. The summed E-state index contributed by atoms with van der Waals surface area (Å²) < 4.78 is 10.6. The number of fused-ring (bicyclic) bond motifs is 1. The molecule has 3 rings (SSSR count). The van der Waals surface area contributed by atoms with Crippen LogP contribution < -0.4 is 14.8 Å². The third-order valence-corrected chi connectivity index (χ3v) is 3.98. The molecule has 5 nitrogen and oxygen atoms in total. The Bertz CT molecular complexity index is 763. The summed E-state index contributed by atoms with van der Waals surface area (Å²) in [6.07, 6.45) is 0. The van der Waals surface area contributed by atoms with E-state index in [-0.39, 0.29) is 0 Å². The molecule has 6 heteroatoms. The van der Waals surface area contributed by atoms with E-state index in [1.165, 1.54) is 0 Å². The van der Waals surface area contributed by atoms with Gasteiger partial charge in [-0.05, 0) is 23.6 Å². The molecule has 0 saturated carbocycles. The minimum atomic E-state index is 0.645. The second kappa shape index (κ2) is 5.57. The maximum absolute atomic E-state index is 5.30. The van der Waals surface area contributed by atoms with Crippen LogP contribution in [0.4, 0.5) is 5.82 Å². The van der Waals surface area contributed by atoms with E-state index in [1.54, 1.807) is 25.6 Å². The minimum absolute atomic E-state index is 0.645. The maximum Gasteiger partial charge on any atom is 0.163 e. The van der Waals surface area contributed by atoms with Crippen LogP contribution in [0.15, 0.2) is 29.6 Å². The maximum atomic E-state index is 5.30. The van der Waals surface area contributed by atoms with Crippen molar-refractivity contribution in [2.75, 3.05) is 26.6 Å². The summed E-state index contributed by atoms with van der Waals surface area (Å²) in [4.78, 5) is 10.2. The van der Waals surface area contributed by atoms with Crippen molar-refractivity contribution in [3.63, 3.8) is 0 Å². The molecule has 0 radical (unpaired) electrons. The van der Waals surface area contributed by atoms with Crippen molar-refractivity contribution in [1.82, 2.24) is 9.97 Å². The predicted octanol–water partition coefficient (Wildman–Crippen LogP) is 3.42. The van der Waals surface area contributed by atoms with Gasteiger partial charge in [0, 0.05) is 18.7 Å². The van der Waals surface area contributed by atoms with Crippen molar-refractivity contribution < 1.29 is 9.47 Å². The molecule has 0 aliphatic heterocycles. The molecule has 0 spiro atoms. The average Bonchev–Trinajstić information content (AvgIpc) is 3.01. The number of thiophene rings is 1. The first-order valence-corrected chi connectivity index (χ1v) is 7.29. The summed E-state index contributed by atoms with van der Waals surface area (Å²) in [5.41, 5.74) is 0.859. The van der Waals surface area contributed by atoms with Crippen LogP contribution in [-0.2, 0) is 0 Å². The largest absolute Gasteiger partial charge is 0.497 e. The van der Waals surface area contributed by atoms with Gasteiger partial charge in [-0.2, -0.15) is 0 Å². The third-order valence-electron chi connectivity index (χ3n) is 3.17. The van der Waals surface area contributed by atoms with Crippen molar-refractivity contribution in [3.05, 3.63) is 29.6 Å². The molecule has 1 aromatic carbocycles. The lowest BCUT2D eigenvalue weighted by atomic mass is 10.2. The summed E-state index contributed by atoms with van der Waals surface area (Å²) in [5, 5.41) is 6.16. The van der Waals surface area contributed by atoms with E-state index in [4.69, 9.17) is 9.47 Å². The van der Waals surface area contributed by atoms with Crippen molar-refractivity contribution in [2.24, 2.45) is 0 Å². The van der Waals surface area contributed by atoms with E-state index in [1.807, 2.05) is 36.7 Å². The molecule has 0 aliphatic rings. The molecule has 1 N–H and O–H groups in total. The number of benzene rings is 1. The first-order chi connectivity index (χ1) is 10.2. The number of anilines is 1. The summed E-state index contributed by atoms with van der Waals surface area (Å²) >= 11 is 1.59. The molecule has 0 bridgehead atoms. The molecule has 0 atom stereocenters. The number of hydrogen-bond acceptors (Lipinski definition) is 6. The normalized spacial score (nSPS) is 10.6. The van der Waals surface area contributed by atoms with Crippen LogP contribution >= 0.6 is 11.3 Å². The topological polar surface area (TPSA) is 56.3 Å². The lowest BCUT2D eigenvalue weighted by Gasteiger charge is -2.09. The van der Waals surface area contributed by atoms with E-state index >= 15 is 0 Å². The van der Waals surface area contributed by atoms with Crippen LogP contribution in [0.2, 0.25) is 0 Å². The zero-order chi connectivity index (χ0) is 14.8. The van der Waals surface area contributed by atoms with Crippen molar-refractivity contribution in [2.45, 2.75) is 0 Å². The number of aromatic nitrogens is 2. The van der Waals surface area contributed by atoms with Crippen molar-refractivity contribution in [3.8, 4) is 22.9 Å². The fraction of sp³-hybridized carbons (Fsp3) is 0.200. The van der Waals surface area contributed by atoms with E-state index < -0.39 is 0 Å². The molecule has 2 aromatic heterocycles. The highest BCUT2D eigenvalue weighted by molar-refractivity contribution is 7.16. The van der Waals surface area contributed by atoms with Crippen LogP contribution in [0.25, 0.3) is 21.6 Å². The molecule has 0 unspecified atom stereocenters. The summed E-state index contributed by atoms with van der Waals surface area (Å²) in [6.45, 7) is 0. The fourth-order valence-electron chi connectivity index (χ4n) is 2.11. The van der Waals surface area contributed by atoms with E-state index in [0.29, 0.717) is 17.3 Å². The van der Waals surface area contributed by atoms with Crippen LogP contribution in [-0.4, -0.2) is 31.2 Å². The molecule has 0 aliphatic carbocycles. The smallest absolute Gasteiger partial charge is 0.163 e. The molecular formula is C15H15N3O2S. The van der Waals surface area contributed by atoms with Gasteiger partial charge in [-0.3, -0.25) is 0 Å². The highest BCUT2D eigenvalue weighted by atomic mass is 32.1. The lowest BCUT2D eigenvalue weighted by Crippen LogP contribution is -1.98. The SMILES string of the molecule is CNc1nc(-c2cc(OC)cc(OC)c2)nc2sccc12. The molecule has 0 fully saturated rings. The van der Waals surface area contributed by atoms with E-state index in [9.17, 15) is 0 Å². The standard InChI is InChI=1S/C15H15N3O2S/c1-16-14-12-4-5-21-15(12)18-13(17-14)9-6-10(19-2)8-11(7-9)20-3/h4-8H,1-3H3,(H,16,17,18). The lowest BCUT2D eigenvalue weighted by molar-refractivity contribution is 0.394. The van der Waals surface area contributed by atoms with Gasteiger partial charge < -0.3 is 14.8 Å². The molecule has 3 aromatic rings. The molecular weight excluding hydrogens is 286 g/mol. The Kier molecular flexibility index (Phi) is 3.62. The first kappa shape index (κ1) is 13.6. The van der Waals surface area contributed by atoms with Gasteiger partial charge in [-0.1, -0.05) is 0 Å². The van der Waals surface area contributed by atoms with Gasteiger partial charge in [0.25, 0.3) is 0 Å². The van der Waals surface area contributed by atoms with Gasteiger partial charge in [0.1, 0.15) is 22.1 Å². The Labute approximate surface area is 126 Å². The highest BCUT2D eigenvalue weighted by Crippen LogP contribution is 2.32. The third kappa shape index (κ3) is 2.50. The average molecular weight is 301 g/mol. The summed E-state index contributed by atoms with van der Waals surface area (Å²) in [6, 6.07) is 7.64. The molecule has 108 valence electrons. The highest BCUT2D eigenvalue weighted by Gasteiger charge is 2.11. The zero-order valence-electron chi connectivity index (χ0n) is 12.0. The van der Waals surface area contributed by atoms with Crippen molar-refractivity contribution in [1.29, 1.82) is 0 Å². The monoisotopic (exact) mass is 301 g/mol. The number of nitrogens with one attached hydrogen (secondary N) is 1. The second-order valence-corrected chi connectivity index (χ2v) is 5.28. The second-order valence-electron chi connectivity index (χ2n) is 4.39. The van der Waals surface area contributed by atoms with Gasteiger partial charge in [0.2, 0.25) is 0 Å². The Morgan fingerprint density at radius 3 is 2.38 bits per heavy atom. The number of methoxy groups -OCH3 is 2. The number of nitrogens with zero attached hydrogens (tertiary/aromatic N) is 2. The van der Waals surface area contributed by atoms with Crippen molar-refractivity contribution >= 4 is 27.4 Å². The van der Waals surface area contributed by atoms with Gasteiger partial charge in [0.05, 0.1) is 19.6 Å². The Morgan fingerprint density at radius 2 is 1.76 bits per heavy atom. The molecule has 0 saturated heterocycles. The van der Waals surface area contributed by atoms with Crippen LogP contribution in [0.3, 0.4) is 0 Å². The van der Waals surface area contributed by atoms with Gasteiger partial charge in [0.15, 0.2) is 5.82 Å². The Balaban J connectivity index is 2.19. The minimum Gasteiger partial charge on any atom is -0.497 e. The predicted molar refractivity (Wildman–Crippen MR) is 85.5 cm³/mol. The van der Waals surface area contributed by atoms with Crippen LogP contribution in [0.5, 0.6) is 11.5 Å².